The topological polar surface area (TPSA) is 58.2 Å². The van der Waals surface area contributed by atoms with Gasteiger partial charge in [-0.1, -0.05) is 36.4 Å². The Bertz CT molecular complexity index is 1480. The van der Waals surface area contributed by atoms with Gasteiger partial charge in [0.1, 0.15) is 16.5 Å². The average Bonchev–Trinajstić information content (AvgIpc) is 3.13. The van der Waals surface area contributed by atoms with Crippen molar-refractivity contribution >= 4 is 21.7 Å². The molecule has 0 saturated carbocycles. The van der Waals surface area contributed by atoms with Crippen LogP contribution in [-0.4, -0.2) is 13.5 Å². The van der Waals surface area contributed by atoms with Gasteiger partial charge in [-0.3, -0.25) is 0 Å². The molecule has 0 amide bonds. The van der Waals surface area contributed by atoms with Crippen LogP contribution in [0, 0.1) is 0 Å². The number of fused-ring (bicyclic) bond motifs is 4. The Morgan fingerprint density at radius 3 is 2.56 bits per heavy atom. The van der Waals surface area contributed by atoms with E-state index in [-0.39, 0.29) is 15.9 Å². The van der Waals surface area contributed by atoms with Crippen LogP contribution in [0.4, 0.5) is 4.39 Å². The largest absolute Gasteiger partial charge is 0.506 e. The molecule has 0 bridgehead atoms. The number of nitrogens with zero attached hydrogens (tertiary/aromatic N) is 1. The summed E-state index contributed by atoms with van der Waals surface area (Å²) in [5, 5.41) is 10.3. The van der Waals surface area contributed by atoms with Gasteiger partial charge in [0.2, 0.25) is 15.5 Å². The number of aromatic nitrogens is 1. The highest BCUT2D eigenvalue weighted by molar-refractivity contribution is 7.96. The number of rotatable bonds is 3. The van der Waals surface area contributed by atoms with E-state index in [1.54, 1.807) is 18.2 Å². The standard InChI is InChI=1S/C26H20FNO3S/c1-26(2)20-8-4-5-9-21(20)28-14-13-17(15-24(26)28)11-12-18(27)16-23-25(29)19-7-3-6-10-22(19)32(23,30)31/h3-16H,1-2H3/p+1. The highest BCUT2D eigenvalue weighted by atomic mass is 32.2. The number of hydrogen-bond donors (Lipinski definition) is 1. The molecule has 0 aliphatic carbocycles. The summed E-state index contributed by atoms with van der Waals surface area (Å²) in [6, 6.07) is 18.2. The van der Waals surface area contributed by atoms with Gasteiger partial charge in [-0.05, 0) is 43.7 Å². The average molecular weight is 447 g/mol. The van der Waals surface area contributed by atoms with Crippen LogP contribution < -0.4 is 4.57 Å². The second-order valence-corrected chi connectivity index (χ2v) is 10.3. The van der Waals surface area contributed by atoms with Gasteiger partial charge in [-0.25, -0.2) is 12.8 Å². The fraction of sp³-hybridized carbons (Fsp3) is 0.115. The Balaban J connectivity index is 1.47. The van der Waals surface area contributed by atoms with Crippen LogP contribution in [0.3, 0.4) is 0 Å². The molecule has 160 valence electrons. The number of aliphatic hydroxyl groups excluding tert-OH is 1. The number of hydrogen-bond acceptors (Lipinski definition) is 3. The van der Waals surface area contributed by atoms with Crippen molar-refractivity contribution < 1.29 is 22.5 Å². The zero-order valence-corrected chi connectivity index (χ0v) is 18.4. The molecule has 0 atom stereocenters. The Morgan fingerprint density at radius 1 is 1.06 bits per heavy atom. The van der Waals surface area contributed by atoms with Gasteiger partial charge in [0, 0.05) is 29.3 Å². The van der Waals surface area contributed by atoms with E-state index >= 15 is 0 Å². The van der Waals surface area contributed by atoms with E-state index in [4.69, 9.17) is 0 Å². The van der Waals surface area contributed by atoms with Gasteiger partial charge in [-0.2, -0.15) is 4.57 Å². The zero-order chi connectivity index (χ0) is 22.7. The molecule has 2 aliphatic heterocycles. The van der Waals surface area contributed by atoms with Crippen LogP contribution in [0.1, 0.15) is 36.2 Å². The van der Waals surface area contributed by atoms with Gasteiger partial charge in [-0.15, -0.1) is 0 Å². The number of halogens is 1. The molecule has 0 fully saturated rings. The van der Waals surface area contributed by atoms with Crippen LogP contribution in [0.2, 0.25) is 0 Å². The van der Waals surface area contributed by atoms with Crippen LogP contribution >= 0.6 is 0 Å². The minimum absolute atomic E-state index is 0.0158. The summed E-state index contributed by atoms with van der Waals surface area (Å²) in [6.45, 7) is 4.30. The van der Waals surface area contributed by atoms with Gasteiger partial charge in [0.25, 0.3) is 0 Å². The first kappa shape index (κ1) is 20.4. The molecular formula is C26H21FNO3S+. The normalized spacial score (nSPS) is 18.0. The number of para-hydroxylation sites is 1. The molecule has 0 radical (unpaired) electrons. The van der Waals surface area contributed by atoms with E-state index in [1.807, 2.05) is 30.5 Å². The van der Waals surface area contributed by atoms with Gasteiger partial charge >= 0.3 is 0 Å². The zero-order valence-electron chi connectivity index (χ0n) is 17.6. The van der Waals surface area contributed by atoms with Crippen LogP contribution in [0.5, 0.6) is 0 Å². The van der Waals surface area contributed by atoms with E-state index in [1.165, 1.54) is 23.8 Å². The molecule has 3 heterocycles. The Kier molecular flexibility index (Phi) is 4.46. The third-order valence-electron chi connectivity index (χ3n) is 6.11. The Labute approximate surface area is 186 Å². The predicted octanol–water partition coefficient (Wildman–Crippen LogP) is 5.18. The monoisotopic (exact) mass is 446 g/mol. The lowest BCUT2D eigenvalue weighted by atomic mass is 9.83. The third kappa shape index (κ3) is 2.94. The minimum atomic E-state index is -3.95. The van der Waals surface area contributed by atoms with Gasteiger partial charge in [0.15, 0.2) is 11.9 Å². The Hall–Kier alpha value is -3.51. The molecule has 3 aromatic rings. The van der Waals surface area contributed by atoms with E-state index < -0.39 is 26.3 Å². The molecule has 1 aromatic heterocycles. The molecule has 4 nitrogen and oxygen atoms in total. The lowest BCUT2D eigenvalue weighted by molar-refractivity contribution is -0.599. The summed E-state index contributed by atoms with van der Waals surface area (Å²) in [4.78, 5) is -0.445. The van der Waals surface area contributed by atoms with Crippen molar-refractivity contribution in [1.82, 2.24) is 0 Å². The van der Waals surface area contributed by atoms with Crippen molar-refractivity contribution in [3.05, 3.63) is 112 Å². The number of sulfone groups is 1. The number of benzene rings is 2. The first-order valence-corrected chi connectivity index (χ1v) is 11.7. The van der Waals surface area contributed by atoms with Crippen LogP contribution in [0.25, 0.3) is 17.5 Å². The van der Waals surface area contributed by atoms with Crippen LogP contribution in [0.15, 0.2) is 94.6 Å². The second-order valence-electron chi connectivity index (χ2n) is 8.43. The summed E-state index contributed by atoms with van der Waals surface area (Å²) in [6.07, 6.45) is 5.62. The van der Waals surface area contributed by atoms with Crippen molar-refractivity contribution in [3.63, 3.8) is 0 Å². The summed E-state index contributed by atoms with van der Waals surface area (Å²) in [5.74, 6) is -1.20. The third-order valence-corrected chi connectivity index (χ3v) is 7.94. The molecule has 1 N–H and O–H groups in total. The maximum Gasteiger partial charge on any atom is 0.215 e. The molecule has 6 heteroatoms. The minimum Gasteiger partial charge on any atom is -0.506 e. The van der Waals surface area contributed by atoms with Gasteiger partial charge < -0.3 is 5.11 Å². The number of allylic oxidation sites excluding steroid dienone is 3. The molecule has 2 aromatic carbocycles. The van der Waals surface area contributed by atoms with Crippen molar-refractivity contribution in [1.29, 1.82) is 0 Å². The summed E-state index contributed by atoms with van der Waals surface area (Å²) >= 11 is 0. The van der Waals surface area contributed by atoms with E-state index in [9.17, 15) is 17.9 Å². The fourth-order valence-electron chi connectivity index (χ4n) is 4.43. The molecule has 0 saturated heterocycles. The first-order chi connectivity index (χ1) is 15.2. The van der Waals surface area contributed by atoms with Crippen molar-refractivity contribution in [3.8, 4) is 5.69 Å². The molecular weight excluding hydrogens is 425 g/mol. The lowest BCUT2D eigenvalue weighted by Gasteiger charge is -2.14. The quantitative estimate of drug-likeness (QED) is 0.445. The van der Waals surface area contributed by atoms with E-state index in [0.29, 0.717) is 0 Å². The second kappa shape index (κ2) is 7.00. The van der Waals surface area contributed by atoms with E-state index in [2.05, 4.69) is 30.5 Å². The summed E-state index contributed by atoms with van der Waals surface area (Å²) in [7, 11) is -3.95. The molecule has 0 spiro atoms. The van der Waals surface area contributed by atoms with E-state index in [0.717, 1.165) is 23.0 Å². The van der Waals surface area contributed by atoms with Crippen LogP contribution in [-0.2, 0) is 15.3 Å². The van der Waals surface area contributed by atoms with Crippen molar-refractivity contribution in [2.24, 2.45) is 0 Å². The number of aliphatic hydroxyl groups is 1. The SMILES string of the molecule is CC1(C)c2ccccc2-[n+]2ccc(/C=C/C(F)=C/C3=C(O)c4ccccc4S3(=O)=O)cc21. The van der Waals surface area contributed by atoms with Crippen molar-refractivity contribution in [2.75, 3.05) is 0 Å². The predicted molar refractivity (Wildman–Crippen MR) is 122 cm³/mol. The highest BCUT2D eigenvalue weighted by Gasteiger charge is 2.43. The lowest BCUT2D eigenvalue weighted by Crippen LogP contribution is -2.34. The maximum absolute atomic E-state index is 14.7. The summed E-state index contributed by atoms with van der Waals surface area (Å²) in [5.41, 5.74) is 4.21. The maximum atomic E-state index is 14.7. The fourth-order valence-corrected chi connectivity index (χ4v) is 6.01. The molecule has 32 heavy (non-hydrogen) atoms. The highest BCUT2D eigenvalue weighted by Crippen LogP contribution is 2.39. The number of pyridine rings is 1. The van der Waals surface area contributed by atoms with Crippen molar-refractivity contribution in [2.45, 2.75) is 24.2 Å². The smallest absolute Gasteiger partial charge is 0.215 e. The Morgan fingerprint density at radius 2 is 1.78 bits per heavy atom. The summed E-state index contributed by atoms with van der Waals surface area (Å²) < 4.78 is 42.1. The molecule has 2 aliphatic rings. The molecule has 5 rings (SSSR count). The molecule has 0 unspecified atom stereocenters. The first-order valence-electron chi connectivity index (χ1n) is 10.2. The van der Waals surface area contributed by atoms with Gasteiger partial charge in [0.05, 0.1) is 10.3 Å².